The zero-order valence-electron chi connectivity index (χ0n) is 16.6. The van der Waals surface area contributed by atoms with Crippen LogP contribution in [0.2, 0.25) is 0 Å². The van der Waals surface area contributed by atoms with Crippen LogP contribution in [0.1, 0.15) is 19.3 Å². The molecule has 2 aromatic heterocycles. The van der Waals surface area contributed by atoms with Gasteiger partial charge in [0, 0.05) is 64.5 Å². The van der Waals surface area contributed by atoms with Crippen LogP contribution >= 0.6 is 0 Å². The van der Waals surface area contributed by atoms with Crippen LogP contribution in [0.25, 0.3) is 0 Å². The number of likely N-dealkylation sites (tertiary alicyclic amines) is 1. The van der Waals surface area contributed by atoms with Gasteiger partial charge in [0.15, 0.2) is 0 Å². The summed E-state index contributed by atoms with van der Waals surface area (Å²) < 4.78 is 0. The van der Waals surface area contributed by atoms with Gasteiger partial charge in [-0.2, -0.15) is 9.97 Å². The van der Waals surface area contributed by atoms with Crippen LogP contribution in [0.3, 0.4) is 0 Å². The predicted octanol–water partition coefficient (Wildman–Crippen LogP) is 1.20. The molecule has 3 N–H and O–H groups in total. The molecule has 2 saturated heterocycles. The van der Waals surface area contributed by atoms with E-state index in [0.717, 1.165) is 76.1 Å². The van der Waals surface area contributed by atoms with Crippen LogP contribution in [0.15, 0.2) is 30.5 Å². The van der Waals surface area contributed by atoms with E-state index in [2.05, 4.69) is 30.1 Å². The summed E-state index contributed by atoms with van der Waals surface area (Å²) in [5.41, 5.74) is 5.94. The lowest BCUT2D eigenvalue weighted by molar-refractivity contribution is -0.127. The van der Waals surface area contributed by atoms with Gasteiger partial charge >= 0.3 is 0 Å². The van der Waals surface area contributed by atoms with Gasteiger partial charge in [0.1, 0.15) is 17.5 Å². The van der Waals surface area contributed by atoms with Crippen molar-refractivity contribution in [3.63, 3.8) is 0 Å². The molecule has 0 saturated carbocycles. The van der Waals surface area contributed by atoms with Crippen LogP contribution in [-0.2, 0) is 4.79 Å². The summed E-state index contributed by atoms with van der Waals surface area (Å²) in [6, 6.07) is 7.93. The van der Waals surface area contributed by atoms with E-state index in [1.54, 1.807) is 0 Å². The highest BCUT2D eigenvalue weighted by atomic mass is 16.2. The van der Waals surface area contributed by atoms with Crippen molar-refractivity contribution in [1.29, 1.82) is 0 Å². The quantitative estimate of drug-likeness (QED) is 0.673. The lowest BCUT2D eigenvalue weighted by Crippen LogP contribution is -2.47. The van der Waals surface area contributed by atoms with E-state index in [1.807, 2.05) is 35.4 Å². The number of hydrogen-bond acceptors (Lipinski definition) is 8. The first-order chi connectivity index (χ1) is 14.2. The summed E-state index contributed by atoms with van der Waals surface area (Å²) in [5.74, 6) is 3.12. The number of carbonyl (C=O) groups excluding carboxylic acids is 1. The Morgan fingerprint density at radius 2 is 1.83 bits per heavy atom. The minimum Gasteiger partial charge on any atom is -0.370 e. The van der Waals surface area contributed by atoms with Gasteiger partial charge in [-0.05, 0) is 25.0 Å². The van der Waals surface area contributed by atoms with Gasteiger partial charge in [-0.25, -0.2) is 4.98 Å². The van der Waals surface area contributed by atoms with Gasteiger partial charge in [0.2, 0.25) is 11.9 Å². The number of anilines is 4. The minimum absolute atomic E-state index is 0.267. The number of nitrogens with zero attached hydrogens (tertiary/aromatic N) is 6. The van der Waals surface area contributed by atoms with E-state index in [0.29, 0.717) is 6.42 Å². The third kappa shape index (κ3) is 4.85. The lowest BCUT2D eigenvalue weighted by atomic mass is 10.3. The standard InChI is InChI=1S/C20H28N8O/c21-20-24-16(22-8-4-10-28-9-3-6-19(28)29)15-18(25-20)27-13-11-26(12-14-27)17-5-1-2-7-23-17/h1-2,5,7,15H,3-4,6,8-14H2,(H3,21,22,24,25). The lowest BCUT2D eigenvalue weighted by Gasteiger charge is -2.36. The van der Waals surface area contributed by atoms with E-state index in [1.165, 1.54) is 0 Å². The summed E-state index contributed by atoms with van der Waals surface area (Å²) in [5, 5.41) is 3.32. The summed E-state index contributed by atoms with van der Waals surface area (Å²) in [6.45, 7) is 5.88. The Labute approximate surface area is 170 Å². The molecule has 9 heteroatoms. The van der Waals surface area contributed by atoms with Gasteiger partial charge < -0.3 is 25.8 Å². The van der Waals surface area contributed by atoms with Gasteiger partial charge in [0.25, 0.3) is 0 Å². The molecule has 4 rings (SSSR count). The van der Waals surface area contributed by atoms with Crippen LogP contribution in [0.5, 0.6) is 0 Å². The predicted molar refractivity (Wildman–Crippen MR) is 114 cm³/mol. The molecular formula is C20H28N8O. The molecular weight excluding hydrogens is 368 g/mol. The molecule has 2 aliphatic rings. The molecule has 2 aromatic rings. The van der Waals surface area contributed by atoms with Crippen LogP contribution in [0.4, 0.5) is 23.4 Å². The Hall–Kier alpha value is -3.10. The Morgan fingerprint density at radius 1 is 1.03 bits per heavy atom. The number of carbonyl (C=O) groups is 1. The second-order valence-electron chi connectivity index (χ2n) is 7.40. The first-order valence-corrected chi connectivity index (χ1v) is 10.3. The zero-order chi connectivity index (χ0) is 20.1. The van der Waals surface area contributed by atoms with Gasteiger partial charge in [-0.3, -0.25) is 4.79 Å². The van der Waals surface area contributed by atoms with Gasteiger partial charge in [-0.15, -0.1) is 0 Å². The number of hydrogen-bond donors (Lipinski definition) is 2. The summed E-state index contributed by atoms with van der Waals surface area (Å²) >= 11 is 0. The first-order valence-electron chi connectivity index (χ1n) is 10.3. The molecule has 0 unspecified atom stereocenters. The van der Waals surface area contributed by atoms with Crippen molar-refractivity contribution in [2.45, 2.75) is 19.3 Å². The molecule has 29 heavy (non-hydrogen) atoms. The number of nitrogens with one attached hydrogen (secondary N) is 1. The van der Waals surface area contributed by atoms with Crippen molar-refractivity contribution in [3.8, 4) is 0 Å². The molecule has 0 aromatic carbocycles. The van der Waals surface area contributed by atoms with Crippen LogP contribution in [0, 0.1) is 0 Å². The Kier molecular flexibility index (Phi) is 5.92. The molecule has 0 bridgehead atoms. The maximum Gasteiger partial charge on any atom is 0.223 e. The Balaban J connectivity index is 1.29. The fraction of sp³-hybridized carbons (Fsp3) is 0.500. The van der Waals surface area contributed by atoms with Crippen molar-refractivity contribution in [2.24, 2.45) is 0 Å². The van der Waals surface area contributed by atoms with Crippen LogP contribution in [-0.4, -0.2) is 71.6 Å². The monoisotopic (exact) mass is 396 g/mol. The average molecular weight is 396 g/mol. The molecule has 0 atom stereocenters. The van der Waals surface area contributed by atoms with E-state index in [4.69, 9.17) is 5.73 Å². The summed E-state index contributed by atoms with van der Waals surface area (Å²) in [4.78, 5) is 31.3. The highest BCUT2D eigenvalue weighted by molar-refractivity contribution is 5.78. The van der Waals surface area contributed by atoms with Crippen molar-refractivity contribution < 1.29 is 4.79 Å². The smallest absolute Gasteiger partial charge is 0.223 e. The zero-order valence-corrected chi connectivity index (χ0v) is 16.6. The van der Waals surface area contributed by atoms with Crippen molar-refractivity contribution in [2.75, 3.05) is 66.7 Å². The average Bonchev–Trinajstić information content (AvgIpc) is 3.16. The fourth-order valence-electron chi connectivity index (χ4n) is 3.84. The van der Waals surface area contributed by atoms with Crippen molar-refractivity contribution in [1.82, 2.24) is 19.9 Å². The highest BCUT2D eigenvalue weighted by Gasteiger charge is 2.21. The largest absolute Gasteiger partial charge is 0.370 e. The van der Waals surface area contributed by atoms with Crippen molar-refractivity contribution >= 4 is 29.3 Å². The number of nitrogens with two attached hydrogens (primary N) is 1. The highest BCUT2D eigenvalue weighted by Crippen LogP contribution is 2.20. The second-order valence-corrected chi connectivity index (χ2v) is 7.40. The van der Waals surface area contributed by atoms with Gasteiger partial charge in [-0.1, -0.05) is 6.07 Å². The van der Waals surface area contributed by atoms with Gasteiger partial charge in [0.05, 0.1) is 0 Å². The number of piperazine rings is 1. The number of nitrogen functional groups attached to an aromatic ring is 1. The van der Waals surface area contributed by atoms with E-state index in [9.17, 15) is 4.79 Å². The molecule has 2 aliphatic heterocycles. The third-order valence-corrected chi connectivity index (χ3v) is 5.39. The van der Waals surface area contributed by atoms with E-state index in [-0.39, 0.29) is 11.9 Å². The Bertz CT molecular complexity index is 822. The topological polar surface area (TPSA) is 104 Å². The van der Waals surface area contributed by atoms with Crippen molar-refractivity contribution in [3.05, 3.63) is 30.5 Å². The summed E-state index contributed by atoms with van der Waals surface area (Å²) in [7, 11) is 0. The number of pyridine rings is 1. The molecule has 1 amide bonds. The molecule has 0 spiro atoms. The molecule has 0 radical (unpaired) electrons. The third-order valence-electron chi connectivity index (χ3n) is 5.39. The molecule has 9 nitrogen and oxygen atoms in total. The molecule has 2 fully saturated rings. The second kappa shape index (κ2) is 8.93. The number of aromatic nitrogens is 3. The fourth-order valence-corrected chi connectivity index (χ4v) is 3.84. The maximum atomic E-state index is 11.7. The van der Waals surface area contributed by atoms with Crippen LogP contribution < -0.4 is 20.9 Å². The normalized spacial score (nSPS) is 17.1. The molecule has 0 aliphatic carbocycles. The molecule has 4 heterocycles. The van der Waals surface area contributed by atoms with E-state index >= 15 is 0 Å². The SMILES string of the molecule is Nc1nc(NCCCN2CCCC2=O)cc(N2CCN(c3ccccn3)CC2)n1. The summed E-state index contributed by atoms with van der Waals surface area (Å²) in [6.07, 6.45) is 4.37. The molecule has 154 valence electrons. The number of amides is 1. The van der Waals surface area contributed by atoms with E-state index < -0.39 is 0 Å². The first kappa shape index (κ1) is 19.2. The maximum absolute atomic E-state index is 11.7. The Morgan fingerprint density at radius 3 is 2.52 bits per heavy atom. The minimum atomic E-state index is 0.267. The number of rotatable bonds is 7.